The van der Waals surface area contributed by atoms with Gasteiger partial charge in [0.2, 0.25) is 27.4 Å². The number of anilines is 2. The SMILES string of the molecule is CN(C(=O)COCC(=O)On1c(O)ccc1O)c1ccc2c(c1)C(C)(C)C(=CC=CC=C1C(=O)c3ccccc3S1(=O)=O)N2CCCS(=O)(=O)O. The summed E-state index contributed by atoms with van der Waals surface area (Å²) in [5.74, 6) is -3.60. The van der Waals surface area contributed by atoms with Crippen LogP contribution < -0.4 is 14.6 Å². The maximum Gasteiger partial charge on any atom is 0.358 e. The first-order valence-electron chi connectivity index (χ1n) is 15.4. The van der Waals surface area contributed by atoms with Crippen molar-refractivity contribution in [2.75, 3.05) is 42.4 Å². The molecule has 0 atom stereocenters. The van der Waals surface area contributed by atoms with Gasteiger partial charge in [-0.2, -0.15) is 8.42 Å². The summed E-state index contributed by atoms with van der Waals surface area (Å²) in [6.07, 6.45) is 6.06. The summed E-state index contributed by atoms with van der Waals surface area (Å²) in [5, 5.41) is 19.2. The minimum Gasteiger partial charge on any atom is -0.492 e. The molecule has 5 rings (SSSR count). The number of sulfone groups is 1. The number of rotatable bonds is 12. The van der Waals surface area contributed by atoms with Crippen LogP contribution in [0, 0.1) is 0 Å². The van der Waals surface area contributed by atoms with Crippen LogP contribution in [0.15, 0.2) is 94.4 Å². The molecule has 2 aromatic carbocycles. The van der Waals surface area contributed by atoms with Crippen molar-refractivity contribution in [3.8, 4) is 11.8 Å². The molecule has 0 fully saturated rings. The average Bonchev–Trinajstić information content (AvgIpc) is 3.57. The maximum atomic E-state index is 13.0. The van der Waals surface area contributed by atoms with Crippen LogP contribution in [-0.2, 0) is 39.7 Å². The average molecular weight is 742 g/mol. The number of aromatic hydroxyl groups is 2. The van der Waals surface area contributed by atoms with E-state index in [9.17, 15) is 46.0 Å². The Labute approximate surface area is 293 Å². The van der Waals surface area contributed by atoms with Crippen molar-refractivity contribution in [2.24, 2.45) is 0 Å². The number of carbonyl (C=O) groups excluding carboxylic acids is 3. The van der Waals surface area contributed by atoms with E-state index in [1.165, 1.54) is 36.2 Å². The largest absolute Gasteiger partial charge is 0.492 e. The van der Waals surface area contributed by atoms with Gasteiger partial charge in [-0.1, -0.05) is 38.1 Å². The first-order chi connectivity index (χ1) is 23.9. The second kappa shape index (κ2) is 14.2. The van der Waals surface area contributed by atoms with E-state index in [1.54, 1.807) is 42.5 Å². The maximum absolute atomic E-state index is 13.0. The first-order valence-corrected chi connectivity index (χ1v) is 18.5. The van der Waals surface area contributed by atoms with E-state index in [4.69, 9.17) is 9.57 Å². The molecule has 0 aliphatic carbocycles. The van der Waals surface area contributed by atoms with Crippen molar-refractivity contribution >= 4 is 49.0 Å². The number of fused-ring (bicyclic) bond motifs is 2. The molecule has 0 saturated carbocycles. The minimum atomic E-state index is -4.23. The second-order valence-corrected chi connectivity index (χ2v) is 15.6. The summed E-state index contributed by atoms with van der Waals surface area (Å²) in [4.78, 5) is 45.4. The number of ether oxygens (including phenoxy) is 1. The topological polar surface area (TPSA) is 210 Å². The van der Waals surface area contributed by atoms with Gasteiger partial charge in [0.25, 0.3) is 16.0 Å². The van der Waals surface area contributed by atoms with E-state index in [-0.39, 0.29) is 28.3 Å². The van der Waals surface area contributed by atoms with E-state index < -0.39 is 73.8 Å². The third kappa shape index (κ3) is 7.61. The number of amides is 1. The number of nitrogens with zero attached hydrogens (tertiary/aromatic N) is 3. The molecule has 17 heteroatoms. The van der Waals surface area contributed by atoms with Gasteiger partial charge < -0.3 is 29.6 Å². The molecule has 0 unspecified atom stereocenters. The number of hydrogen-bond acceptors (Lipinski definition) is 12. The zero-order valence-corrected chi connectivity index (χ0v) is 29.3. The van der Waals surface area contributed by atoms with Crippen LogP contribution in [0.4, 0.5) is 11.4 Å². The molecular weight excluding hydrogens is 707 g/mol. The molecule has 0 saturated heterocycles. The Morgan fingerprint density at radius 1 is 0.980 bits per heavy atom. The Morgan fingerprint density at radius 3 is 2.31 bits per heavy atom. The van der Waals surface area contributed by atoms with Gasteiger partial charge in [0, 0.05) is 53.8 Å². The first kappa shape index (κ1) is 37.0. The second-order valence-electron chi connectivity index (χ2n) is 12.2. The van der Waals surface area contributed by atoms with E-state index in [0.717, 1.165) is 17.7 Å². The zero-order chi connectivity index (χ0) is 37.3. The predicted octanol–water partition coefficient (Wildman–Crippen LogP) is 2.90. The predicted molar refractivity (Wildman–Crippen MR) is 185 cm³/mol. The summed E-state index contributed by atoms with van der Waals surface area (Å²) >= 11 is 0. The molecule has 51 heavy (non-hydrogen) atoms. The van der Waals surface area contributed by atoms with Gasteiger partial charge in [0.15, 0.2) is 0 Å². The lowest BCUT2D eigenvalue weighted by Gasteiger charge is -2.27. The molecule has 270 valence electrons. The lowest BCUT2D eigenvalue weighted by Crippen LogP contribution is -2.32. The van der Waals surface area contributed by atoms with E-state index in [2.05, 4.69) is 0 Å². The number of ketones is 1. The highest BCUT2D eigenvalue weighted by Crippen LogP contribution is 2.49. The summed E-state index contributed by atoms with van der Waals surface area (Å²) < 4.78 is 63.9. The Kier molecular flexibility index (Phi) is 10.3. The Morgan fingerprint density at radius 2 is 1.65 bits per heavy atom. The molecule has 15 nitrogen and oxygen atoms in total. The smallest absolute Gasteiger partial charge is 0.358 e. The highest BCUT2D eigenvalue weighted by Gasteiger charge is 2.41. The fourth-order valence-electron chi connectivity index (χ4n) is 5.82. The van der Waals surface area contributed by atoms with Crippen LogP contribution in [0.2, 0.25) is 0 Å². The Hall–Kier alpha value is -5.23. The van der Waals surface area contributed by atoms with Crippen molar-refractivity contribution < 1.29 is 55.6 Å². The minimum absolute atomic E-state index is 0.0474. The molecule has 2 aliphatic heterocycles. The quantitative estimate of drug-likeness (QED) is 0.180. The highest BCUT2D eigenvalue weighted by molar-refractivity contribution is 7.97. The zero-order valence-electron chi connectivity index (χ0n) is 27.7. The van der Waals surface area contributed by atoms with Gasteiger partial charge in [-0.25, -0.2) is 13.2 Å². The molecule has 3 aromatic rings. The van der Waals surface area contributed by atoms with Gasteiger partial charge in [-0.3, -0.25) is 14.1 Å². The highest BCUT2D eigenvalue weighted by atomic mass is 32.2. The lowest BCUT2D eigenvalue weighted by molar-refractivity contribution is -0.151. The fourth-order valence-corrected chi connectivity index (χ4v) is 7.87. The van der Waals surface area contributed by atoms with Gasteiger partial charge in [-0.15, -0.1) is 4.73 Å². The normalized spacial score (nSPS) is 17.6. The fraction of sp³-hybridized carbons (Fsp3) is 0.265. The summed E-state index contributed by atoms with van der Waals surface area (Å²) in [5.41, 5.74) is 2.02. The van der Waals surface area contributed by atoms with E-state index in [1.807, 2.05) is 18.7 Å². The van der Waals surface area contributed by atoms with Gasteiger partial charge >= 0.3 is 5.97 Å². The summed E-state index contributed by atoms with van der Waals surface area (Å²) in [6.45, 7) is 2.85. The van der Waals surface area contributed by atoms with Gasteiger partial charge in [0.05, 0.1) is 10.6 Å². The number of hydrogen-bond donors (Lipinski definition) is 3. The van der Waals surface area contributed by atoms with Crippen molar-refractivity contribution in [2.45, 2.75) is 30.6 Å². The molecule has 3 N–H and O–H groups in total. The van der Waals surface area contributed by atoms with Crippen LogP contribution in [0.3, 0.4) is 0 Å². The number of allylic oxidation sites excluding steroid dienone is 6. The molecule has 3 heterocycles. The Balaban J connectivity index is 1.34. The van der Waals surface area contributed by atoms with Crippen LogP contribution in [-0.4, -0.2) is 86.6 Å². The van der Waals surface area contributed by atoms with Crippen LogP contribution in [0.1, 0.15) is 36.2 Å². The van der Waals surface area contributed by atoms with Crippen molar-refractivity contribution in [3.05, 3.63) is 101 Å². The summed E-state index contributed by atoms with van der Waals surface area (Å²) in [7, 11) is -6.70. The molecule has 0 spiro atoms. The van der Waals surface area contributed by atoms with E-state index in [0.29, 0.717) is 21.8 Å². The van der Waals surface area contributed by atoms with Crippen molar-refractivity contribution in [3.63, 3.8) is 0 Å². The molecule has 1 amide bonds. The van der Waals surface area contributed by atoms with Gasteiger partial charge in [-0.05, 0) is 54.5 Å². The lowest BCUT2D eigenvalue weighted by atomic mass is 9.83. The number of benzene rings is 2. The number of carbonyl (C=O) groups is 3. The molecule has 2 aliphatic rings. The molecular formula is C34H35N3O12S2. The third-order valence-corrected chi connectivity index (χ3v) is 11.0. The van der Waals surface area contributed by atoms with Crippen LogP contribution >= 0.6 is 0 Å². The molecule has 0 bridgehead atoms. The van der Waals surface area contributed by atoms with Crippen molar-refractivity contribution in [1.82, 2.24) is 4.73 Å². The van der Waals surface area contributed by atoms with Crippen molar-refractivity contribution in [1.29, 1.82) is 0 Å². The number of Topliss-reactive ketones (excluding diaryl/α,β-unsaturated/α-hetero) is 1. The van der Waals surface area contributed by atoms with Crippen LogP contribution in [0.5, 0.6) is 11.8 Å². The van der Waals surface area contributed by atoms with Gasteiger partial charge in [0.1, 0.15) is 18.1 Å². The monoisotopic (exact) mass is 741 g/mol. The Bertz CT molecular complexity index is 2200. The third-order valence-electron chi connectivity index (χ3n) is 8.40. The standard InChI is InChI=1S/C34H35N3O12S2/c1-34(2)24-19-22(35(3)31(40)20-48-21-32(41)49-37-29(38)15-16-30(37)39)13-14-25(24)36(17-8-18-50(43,44)45)28(34)12-7-6-11-27-33(42)23-9-4-5-10-26(23)51(27,46)47/h4-7,9-16,19,38-39H,8,17-18,20-21H2,1-3H3,(H,43,44,45). The number of likely N-dealkylation sites (N-methyl/N-ethyl adjacent to an activating group) is 1. The molecule has 1 aromatic heterocycles. The molecule has 0 radical (unpaired) electrons. The summed E-state index contributed by atoms with van der Waals surface area (Å²) in [6, 6.07) is 13.4. The van der Waals surface area contributed by atoms with Crippen LogP contribution in [0.25, 0.3) is 0 Å². The number of aromatic nitrogens is 1. The van der Waals surface area contributed by atoms with E-state index >= 15 is 0 Å².